The van der Waals surface area contributed by atoms with E-state index < -0.39 is 0 Å². The van der Waals surface area contributed by atoms with Crippen LogP contribution in [0.5, 0.6) is 0 Å². The number of fused-ring (bicyclic) bond motifs is 5. The van der Waals surface area contributed by atoms with Crippen LogP contribution in [0.1, 0.15) is 36.4 Å². The predicted molar refractivity (Wildman–Crippen MR) is 73.0 cm³/mol. The third-order valence-corrected chi connectivity index (χ3v) is 5.46. The Kier molecular flexibility index (Phi) is 2.46. The van der Waals surface area contributed by atoms with Gasteiger partial charge in [0.2, 0.25) is 5.91 Å². The molecule has 0 radical (unpaired) electrons. The van der Waals surface area contributed by atoms with Crippen molar-refractivity contribution >= 4 is 5.91 Å². The fourth-order valence-electron chi connectivity index (χ4n) is 4.61. The van der Waals surface area contributed by atoms with E-state index in [1.54, 1.807) is 0 Å². The van der Waals surface area contributed by atoms with Gasteiger partial charge in [-0.25, -0.2) is 5.43 Å². The van der Waals surface area contributed by atoms with Gasteiger partial charge in [0.1, 0.15) is 0 Å². The van der Waals surface area contributed by atoms with Crippen LogP contribution in [0.2, 0.25) is 0 Å². The summed E-state index contributed by atoms with van der Waals surface area (Å²) in [6.45, 7) is 2.11. The van der Waals surface area contributed by atoms with E-state index in [0.717, 1.165) is 5.92 Å². The molecular weight excluding hydrogens is 236 g/mol. The third-order valence-electron chi connectivity index (χ3n) is 5.46. The lowest BCUT2D eigenvalue weighted by molar-refractivity contribution is -0.134. The van der Waals surface area contributed by atoms with Crippen LogP contribution in [-0.2, 0) is 4.79 Å². The average molecular weight is 256 g/mol. The first-order chi connectivity index (χ1) is 9.24. The van der Waals surface area contributed by atoms with E-state index in [2.05, 4.69) is 42.0 Å². The van der Waals surface area contributed by atoms with Crippen molar-refractivity contribution in [3.05, 3.63) is 35.4 Å². The van der Waals surface area contributed by atoms with E-state index in [0.29, 0.717) is 17.9 Å². The zero-order valence-electron chi connectivity index (χ0n) is 11.2. The lowest BCUT2D eigenvalue weighted by atomic mass is 9.72. The van der Waals surface area contributed by atoms with Crippen molar-refractivity contribution in [2.45, 2.75) is 32.2 Å². The highest BCUT2D eigenvalue weighted by atomic mass is 16.2. The van der Waals surface area contributed by atoms with E-state index in [9.17, 15) is 4.79 Å². The Balaban J connectivity index is 1.69. The van der Waals surface area contributed by atoms with Gasteiger partial charge in [-0.2, -0.15) is 0 Å². The summed E-state index contributed by atoms with van der Waals surface area (Å²) in [5, 5.41) is 0. The van der Waals surface area contributed by atoms with Gasteiger partial charge in [0.05, 0.1) is 6.04 Å². The molecule has 1 heterocycles. The van der Waals surface area contributed by atoms with Gasteiger partial charge < -0.3 is 0 Å². The monoisotopic (exact) mass is 256 g/mol. The zero-order chi connectivity index (χ0) is 13.0. The molecule has 2 saturated carbocycles. The van der Waals surface area contributed by atoms with Crippen LogP contribution in [0, 0.1) is 30.6 Å². The molecule has 2 bridgehead atoms. The van der Waals surface area contributed by atoms with Crippen LogP contribution in [0.25, 0.3) is 0 Å². The number of benzene rings is 1. The summed E-state index contributed by atoms with van der Waals surface area (Å²) >= 11 is 0. The van der Waals surface area contributed by atoms with Crippen molar-refractivity contribution in [1.29, 1.82) is 0 Å². The number of amides is 1. The Morgan fingerprint density at radius 3 is 2.63 bits per heavy atom. The summed E-state index contributed by atoms with van der Waals surface area (Å²) in [6, 6.07) is 9.02. The zero-order valence-corrected chi connectivity index (χ0v) is 11.2. The molecule has 3 nitrogen and oxygen atoms in total. The molecule has 19 heavy (non-hydrogen) atoms. The number of carbonyl (C=O) groups excluding carboxylic acids is 1. The van der Waals surface area contributed by atoms with Crippen molar-refractivity contribution in [2.75, 3.05) is 0 Å². The molecule has 5 atom stereocenters. The maximum absolute atomic E-state index is 12.1. The molecule has 1 aromatic carbocycles. The standard InChI is InChI=1S/C16H20N2O/c1-9-2-4-10(5-3-9)15-13-11-6-7-12(8-11)14(13)16(19)18-17-15/h2-5,11-15,17H,6-8H2,1H3,(H,18,19)/t11-,12+,13-,14+,15-/m1/s1. The first kappa shape index (κ1) is 11.5. The Morgan fingerprint density at radius 2 is 1.84 bits per heavy atom. The Bertz CT molecular complexity index is 510. The van der Waals surface area contributed by atoms with Crippen LogP contribution < -0.4 is 10.9 Å². The molecule has 3 aliphatic rings. The highest BCUT2D eigenvalue weighted by Gasteiger charge is 2.55. The van der Waals surface area contributed by atoms with Gasteiger partial charge in [-0.1, -0.05) is 29.8 Å². The molecule has 0 aromatic heterocycles. The summed E-state index contributed by atoms with van der Waals surface area (Å²) in [5.74, 6) is 2.33. The number of hydrogen-bond acceptors (Lipinski definition) is 2. The van der Waals surface area contributed by atoms with Crippen LogP contribution in [0.4, 0.5) is 0 Å². The van der Waals surface area contributed by atoms with Crippen LogP contribution in [-0.4, -0.2) is 5.91 Å². The molecule has 1 aliphatic heterocycles. The fraction of sp³-hybridized carbons (Fsp3) is 0.562. The van der Waals surface area contributed by atoms with Crippen LogP contribution in [0.3, 0.4) is 0 Å². The maximum Gasteiger partial charge on any atom is 0.237 e. The number of nitrogens with one attached hydrogen (secondary N) is 2. The number of aryl methyl sites for hydroxylation is 1. The lowest BCUT2D eigenvalue weighted by Gasteiger charge is -2.41. The minimum absolute atomic E-state index is 0.223. The maximum atomic E-state index is 12.1. The molecule has 1 amide bonds. The highest BCUT2D eigenvalue weighted by Crippen LogP contribution is 2.57. The number of carbonyl (C=O) groups is 1. The first-order valence-corrected chi connectivity index (χ1v) is 7.36. The summed E-state index contributed by atoms with van der Waals surface area (Å²) in [4.78, 5) is 12.1. The Labute approximate surface area is 113 Å². The minimum Gasteiger partial charge on any atom is -0.291 e. The lowest BCUT2D eigenvalue weighted by Crippen LogP contribution is -2.55. The van der Waals surface area contributed by atoms with Crippen molar-refractivity contribution in [2.24, 2.45) is 23.7 Å². The number of hydrazine groups is 1. The number of hydrogen-bond donors (Lipinski definition) is 2. The molecule has 3 fully saturated rings. The van der Waals surface area contributed by atoms with Crippen molar-refractivity contribution in [3.8, 4) is 0 Å². The van der Waals surface area contributed by atoms with Crippen molar-refractivity contribution in [3.63, 3.8) is 0 Å². The van der Waals surface area contributed by atoms with E-state index in [4.69, 9.17) is 0 Å². The smallest absolute Gasteiger partial charge is 0.237 e. The van der Waals surface area contributed by atoms with Crippen LogP contribution in [0.15, 0.2) is 24.3 Å². The largest absolute Gasteiger partial charge is 0.291 e. The summed E-state index contributed by atoms with van der Waals surface area (Å²) in [7, 11) is 0. The third kappa shape index (κ3) is 1.64. The topological polar surface area (TPSA) is 41.1 Å². The molecule has 0 unspecified atom stereocenters. The highest BCUT2D eigenvalue weighted by molar-refractivity contribution is 5.80. The van der Waals surface area contributed by atoms with Gasteiger partial charge in [-0.15, -0.1) is 0 Å². The number of rotatable bonds is 1. The van der Waals surface area contributed by atoms with E-state index in [1.807, 2.05) is 0 Å². The molecule has 4 rings (SSSR count). The summed E-state index contributed by atoms with van der Waals surface area (Å²) < 4.78 is 0. The van der Waals surface area contributed by atoms with Gasteiger partial charge >= 0.3 is 0 Å². The molecule has 2 N–H and O–H groups in total. The molecular formula is C16H20N2O. The van der Waals surface area contributed by atoms with E-state index in [-0.39, 0.29) is 11.8 Å². The molecule has 2 aliphatic carbocycles. The molecule has 1 aromatic rings. The molecule has 3 heteroatoms. The van der Waals surface area contributed by atoms with Gasteiger partial charge in [0.15, 0.2) is 0 Å². The SMILES string of the molecule is Cc1ccc([C@H]2NNC(=O)[C@H]3[C@H]4CC[C@H](C4)[C@H]32)cc1. The average Bonchev–Trinajstić information content (AvgIpc) is 3.02. The predicted octanol–water partition coefficient (Wildman–Crippen LogP) is 2.33. The molecule has 0 spiro atoms. The fourth-order valence-corrected chi connectivity index (χ4v) is 4.61. The second kappa shape index (κ2) is 4.07. The second-order valence-corrected chi connectivity index (χ2v) is 6.46. The second-order valence-electron chi connectivity index (χ2n) is 6.46. The van der Waals surface area contributed by atoms with Gasteiger partial charge in [-0.05, 0) is 49.5 Å². The quantitative estimate of drug-likeness (QED) is 0.809. The Morgan fingerprint density at radius 1 is 1.11 bits per heavy atom. The summed E-state index contributed by atoms with van der Waals surface area (Å²) in [6.07, 6.45) is 3.82. The van der Waals surface area contributed by atoms with Gasteiger partial charge in [-0.3, -0.25) is 10.2 Å². The van der Waals surface area contributed by atoms with Crippen LogP contribution >= 0.6 is 0 Å². The van der Waals surface area contributed by atoms with E-state index >= 15 is 0 Å². The van der Waals surface area contributed by atoms with Crippen molar-refractivity contribution < 1.29 is 4.79 Å². The first-order valence-electron chi connectivity index (χ1n) is 7.36. The van der Waals surface area contributed by atoms with Crippen molar-refractivity contribution in [1.82, 2.24) is 10.9 Å². The summed E-state index contributed by atoms with van der Waals surface area (Å²) in [5.41, 5.74) is 8.77. The normalized spacial score (nSPS) is 40.1. The van der Waals surface area contributed by atoms with E-state index in [1.165, 1.54) is 30.4 Å². The van der Waals surface area contributed by atoms with Gasteiger partial charge in [0.25, 0.3) is 0 Å². The van der Waals surface area contributed by atoms with Gasteiger partial charge in [0, 0.05) is 5.92 Å². The molecule has 1 saturated heterocycles. The minimum atomic E-state index is 0.223. The molecule has 100 valence electrons. The Hall–Kier alpha value is -1.35.